The van der Waals surface area contributed by atoms with E-state index in [0.29, 0.717) is 11.5 Å². The molecule has 0 saturated heterocycles. The highest BCUT2D eigenvalue weighted by Gasteiger charge is 2.37. The van der Waals surface area contributed by atoms with Crippen molar-refractivity contribution in [3.05, 3.63) is 15.8 Å². The molecule has 2 rings (SSSR count). The van der Waals surface area contributed by atoms with E-state index in [9.17, 15) is 10.1 Å². The molecule has 1 aliphatic rings. The van der Waals surface area contributed by atoms with E-state index in [1.54, 1.807) is 18.7 Å². The summed E-state index contributed by atoms with van der Waals surface area (Å²) in [5.41, 5.74) is 0.729. The minimum atomic E-state index is -0.355. The Balaban J connectivity index is 2.32. The van der Waals surface area contributed by atoms with Crippen molar-refractivity contribution in [2.75, 3.05) is 5.32 Å². The highest BCUT2D eigenvalue weighted by atomic mass is 16.6. The van der Waals surface area contributed by atoms with Crippen LogP contribution in [0.2, 0.25) is 0 Å². The summed E-state index contributed by atoms with van der Waals surface area (Å²) in [4.78, 5) is 10.7. The van der Waals surface area contributed by atoms with Gasteiger partial charge in [-0.2, -0.15) is 5.10 Å². The molecule has 1 aliphatic carbocycles. The van der Waals surface area contributed by atoms with E-state index in [4.69, 9.17) is 0 Å². The van der Waals surface area contributed by atoms with Crippen LogP contribution in [0.4, 0.5) is 11.5 Å². The van der Waals surface area contributed by atoms with Gasteiger partial charge in [0.2, 0.25) is 5.82 Å². The highest BCUT2D eigenvalue weighted by molar-refractivity contribution is 5.60. The van der Waals surface area contributed by atoms with E-state index in [2.05, 4.69) is 24.3 Å². The van der Waals surface area contributed by atoms with Crippen LogP contribution < -0.4 is 5.32 Å². The Labute approximate surface area is 107 Å². The lowest BCUT2D eigenvalue weighted by molar-refractivity contribution is -0.384. The standard InChI is InChI=1S/C12H20N4O2/c1-8-10(16(17)18)11(15(4)14-8)13-9-6-5-7-12(9,2)3/h9,13H,5-7H2,1-4H3. The van der Waals surface area contributed by atoms with Crippen LogP contribution in [-0.2, 0) is 7.05 Å². The zero-order valence-electron chi connectivity index (χ0n) is 11.4. The van der Waals surface area contributed by atoms with Crippen LogP contribution in [0.3, 0.4) is 0 Å². The lowest BCUT2D eigenvalue weighted by Crippen LogP contribution is -2.31. The minimum Gasteiger partial charge on any atom is -0.361 e. The molecule has 1 fully saturated rings. The van der Waals surface area contributed by atoms with Crippen molar-refractivity contribution in [3.63, 3.8) is 0 Å². The number of aryl methyl sites for hydroxylation is 2. The SMILES string of the molecule is Cc1nn(C)c(NC2CCCC2(C)C)c1[N+](=O)[O-]. The van der Waals surface area contributed by atoms with Crippen molar-refractivity contribution in [2.24, 2.45) is 12.5 Å². The third-order valence-corrected chi connectivity index (χ3v) is 3.94. The molecular weight excluding hydrogens is 232 g/mol. The Morgan fingerprint density at radius 3 is 2.72 bits per heavy atom. The van der Waals surface area contributed by atoms with E-state index < -0.39 is 0 Å². The molecule has 1 atom stereocenters. The molecule has 0 amide bonds. The molecule has 1 unspecified atom stereocenters. The fraction of sp³-hybridized carbons (Fsp3) is 0.750. The van der Waals surface area contributed by atoms with Gasteiger partial charge < -0.3 is 5.32 Å². The highest BCUT2D eigenvalue weighted by Crippen LogP contribution is 2.40. The molecule has 1 aromatic rings. The van der Waals surface area contributed by atoms with E-state index in [1.165, 1.54) is 0 Å². The number of rotatable bonds is 3. The number of hydrogen-bond acceptors (Lipinski definition) is 4. The maximum Gasteiger partial charge on any atom is 0.333 e. The van der Waals surface area contributed by atoms with Gasteiger partial charge >= 0.3 is 5.69 Å². The van der Waals surface area contributed by atoms with Crippen LogP contribution in [0.15, 0.2) is 0 Å². The summed E-state index contributed by atoms with van der Waals surface area (Å²) in [5, 5.41) is 18.6. The zero-order chi connectivity index (χ0) is 13.5. The molecule has 0 bridgehead atoms. The van der Waals surface area contributed by atoms with Gasteiger partial charge in [-0.1, -0.05) is 20.3 Å². The molecule has 0 spiro atoms. The summed E-state index contributed by atoms with van der Waals surface area (Å²) in [5.74, 6) is 0.525. The molecule has 6 nitrogen and oxygen atoms in total. The van der Waals surface area contributed by atoms with Gasteiger partial charge in [0.25, 0.3) is 0 Å². The van der Waals surface area contributed by atoms with Gasteiger partial charge in [-0.05, 0) is 25.2 Å². The normalized spacial score (nSPS) is 22.1. The van der Waals surface area contributed by atoms with Crippen molar-refractivity contribution in [3.8, 4) is 0 Å². The Hall–Kier alpha value is -1.59. The van der Waals surface area contributed by atoms with Gasteiger partial charge in [0, 0.05) is 13.1 Å². The van der Waals surface area contributed by atoms with Crippen LogP contribution >= 0.6 is 0 Å². The molecule has 1 saturated carbocycles. The second-order valence-electron chi connectivity index (χ2n) is 5.74. The van der Waals surface area contributed by atoms with E-state index in [1.807, 2.05) is 0 Å². The first-order chi connectivity index (χ1) is 8.33. The average Bonchev–Trinajstić information content (AvgIpc) is 2.69. The van der Waals surface area contributed by atoms with Gasteiger partial charge in [-0.15, -0.1) is 0 Å². The summed E-state index contributed by atoms with van der Waals surface area (Å²) in [6.07, 6.45) is 3.36. The number of hydrogen-bond donors (Lipinski definition) is 1. The van der Waals surface area contributed by atoms with Gasteiger partial charge in [0.15, 0.2) is 0 Å². The first kappa shape index (κ1) is 12.9. The van der Waals surface area contributed by atoms with Crippen molar-refractivity contribution < 1.29 is 4.92 Å². The Morgan fingerprint density at radius 1 is 1.56 bits per heavy atom. The number of nitrogens with one attached hydrogen (secondary N) is 1. The largest absolute Gasteiger partial charge is 0.361 e. The Morgan fingerprint density at radius 2 is 2.22 bits per heavy atom. The van der Waals surface area contributed by atoms with Gasteiger partial charge in [-0.25, -0.2) is 4.68 Å². The first-order valence-corrected chi connectivity index (χ1v) is 6.27. The van der Waals surface area contributed by atoms with Gasteiger partial charge in [0.1, 0.15) is 5.69 Å². The third kappa shape index (κ3) is 2.07. The molecule has 0 aromatic carbocycles. The Bertz CT molecular complexity index is 479. The van der Waals surface area contributed by atoms with Gasteiger partial charge in [0.05, 0.1) is 4.92 Å². The number of nitrogens with zero attached hydrogens (tertiary/aromatic N) is 3. The molecular formula is C12H20N4O2. The maximum absolute atomic E-state index is 11.1. The minimum absolute atomic E-state index is 0.0974. The Kier molecular flexibility index (Phi) is 3.04. The quantitative estimate of drug-likeness (QED) is 0.663. The zero-order valence-corrected chi connectivity index (χ0v) is 11.4. The molecule has 100 valence electrons. The summed E-state index contributed by atoms with van der Waals surface area (Å²) in [7, 11) is 1.74. The molecule has 1 aromatic heterocycles. The second-order valence-corrected chi connectivity index (χ2v) is 5.74. The fourth-order valence-corrected chi connectivity index (χ4v) is 2.79. The summed E-state index contributed by atoms with van der Waals surface area (Å²) in [6.45, 7) is 6.07. The summed E-state index contributed by atoms with van der Waals surface area (Å²) < 4.78 is 1.57. The molecule has 0 aliphatic heterocycles. The summed E-state index contributed by atoms with van der Waals surface area (Å²) >= 11 is 0. The lowest BCUT2D eigenvalue weighted by Gasteiger charge is -2.28. The van der Waals surface area contributed by atoms with Crippen LogP contribution in [-0.4, -0.2) is 20.7 Å². The van der Waals surface area contributed by atoms with E-state index >= 15 is 0 Å². The second kappa shape index (κ2) is 4.26. The number of nitro groups is 1. The van der Waals surface area contributed by atoms with Crippen molar-refractivity contribution >= 4 is 11.5 Å². The van der Waals surface area contributed by atoms with Crippen molar-refractivity contribution in [2.45, 2.75) is 46.1 Å². The van der Waals surface area contributed by atoms with Gasteiger partial charge in [-0.3, -0.25) is 10.1 Å². The number of aromatic nitrogens is 2. The topological polar surface area (TPSA) is 73.0 Å². The maximum atomic E-state index is 11.1. The van der Waals surface area contributed by atoms with Crippen LogP contribution in [0, 0.1) is 22.5 Å². The fourth-order valence-electron chi connectivity index (χ4n) is 2.79. The average molecular weight is 252 g/mol. The first-order valence-electron chi connectivity index (χ1n) is 6.27. The molecule has 1 N–H and O–H groups in total. The predicted octanol–water partition coefficient (Wildman–Crippen LogP) is 2.63. The third-order valence-electron chi connectivity index (χ3n) is 3.94. The number of anilines is 1. The van der Waals surface area contributed by atoms with E-state index in [0.717, 1.165) is 19.3 Å². The molecule has 6 heteroatoms. The smallest absolute Gasteiger partial charge is 0.333 e. The van der Waals surface area contributed by atoms with Crippen LogP contribution in [0.5, 0.6) is 0 Å². The summed E-state index contributed by atoms with van der Waals surface area (Å²) in [6, 6.07) is 0.269. The molecule has 0 radical (unpaired) electrons. The molecule has 18 heavy (non-hydrogen) atoms. The van der Waals surface area contributed by atoms with Crippen LogP contribution in [0.1, 0.15) is 38.8 Å². The molecule has 1 heterocycles. The van der Waals surface area contributed by atoms with E-state index in [-0.39, 0.29) is 22.1 Å². The van der Waals surface area contributed by atoms with Crippen LogP contribution in [0.25, 0.3) is 0 Å². The lowest BCUT2D eigenvalue weighted by atomic mass is 9.87. The monoisotopic (exact) mass is 252 g/mol. The van der Waals surface area contributed by atoms with Crippen molar-refractivity contribution in [1.29, 1.82) is 0 Å². The predicted molar refractivity (Wildman–Crippen MR) is 69.6 cm³/mol. The van der Waals surface area contributed by atoms with Crippen molar-refractivity contribution in [1.82, 2.24) is 9.78 Å².